The van der Waals surface area contributed by atoms with Gasteiger partial charge in [0.15, 0.2) is 4.34 Å². The van der Waals surface area contributed by atoms with Crippen LogP contribution in [0.2, 0.25) is 0 Å². The van der Waals surface area contributed by atoms with E-state index in [2.05, 4.69) is 15.5 Å². The maximum atomic E-state index is 13.6. The first-order valence-corrected chi connectivity index (χ1v) is 9.73. The minimum Gasteiger partial charge on any atom is -0.491 e. The average molecular weight is 402 g/mol. The fourth-order valence-electron chi connectivity index (χ4n) is 2.03. The highest BCUT2D eigenvalue weighted by Gasteiger charge is 2.11. The second kappa shape index (κ2) is 9.32. The lowest BCUT2D eigenvalue weighted by Crippen LogP contribution is -2.20. The van der Waals surface area contributed by atoms with Gasteiger partial charge in [-0.1, -0.05) is 35.2 Å². The molecule has 1 aromatic heterocycles. The van der Waals surface area contributed by atoms with Crippen molar-refractivity contribution in [1.29, 1.82) is 5.26 Å². The van der Waals surface area contributed by atoms with Gasteiger partial charge in [0.1, 0.15) is 18.2 Å². The summed E-state index contributed by atoms with van der Waals surface area (Å²) in [6, 6.07) is 15.0. The molecule has 9 heteroatoms. The number of hydrogen-bond acceptors (Lipinski definition) is 8. The Morgan fingerprint density at radius 2 is 2.00 bits per heavy atom. The Morgan fingerprint density at radius 1 is 1.22 bits per heavy atom. The third-order valence-electron chi connectivity index (χ3n) is 3.35. The van der Waals surface area contributed by atoms with Gasteiger partial charge in [0.25, 0.3) is 0 Å². The van der Waals surface area contributed by atoms with E-state index in [0.717, 1.165) is 0 Å². The Kier molecular flexibility index (Phi) is 6.59. The lowest BCUT2D eigenvalue weighted by atomic mass is 10.2. The third kappa shape index (κ3) is 5.65. The molecule has 3 aromatic rings. The number of aromatic nitrogens is 2. The van der Waals surface area contributed by atoms with Crippen molar-refractivity contribution in [2.24, 2.45) is 0 Å². The van der Waals surface area contributed by atoms with Crippen LogP contribution in [0.1, 0.15) is 5.56 Å². The fourth-order valence-corrected chi connectivity index (χ4v) is 3.73. The maximum absolute atomic E-state index is 13.6. The normalized spacial score (nSPS) is 11.6. The molecule has 2 aromatic carbocycles. The van der Waals surface area contributed by atoms with Crippen molar-refractivity contribution in [1.82, 2.24) is 10.2 Å². The molecule has 138 valence electrons. The van der Waals surface area contributed by atoms with Crippen LogP contribution in [-0.2, 0) is 0 Å². The van der Waals surface area contributed by atoms with Crippen LogP contribution in [0.4, 0.5) is 15.2 Å². The smallest absolute Gasteiger partial charge is 0.210 e. The van der Waals surface area contributed by atoms with E-state index >= 15 is 0 Å². The highest BCUT2D eigenvalue weighted by Crippen LogP contribution is 2.28. The van der Waals surface area contributed by atoms with Crippen LogP contribution < -0.4 is 10.1 Å². The molecule has 0 bridgehead atoms. The summed E-state index contributed by atoms with van der Waals surface area (Å²) >= 11 is 2.62. The van der Waals surface area contributed by atoms with Gasteiger partial charge in [-0.3, -0.25) is 0 Å². The molecule has 0 aliphatic rings. The number of aliphatic hydroxyl groups excluding tert-OH is 1. The molecule has 0 amide bonds. The Labute approximate surface area is 163 Å². The Bertz CT molecular complexity index is 928. The van der Waals surface area contributed by atoms with Gasteiger partial charge in [-0.15, -0.1) is 10.2 Å². The molecule has 0 spiro atoms. The second-order valence-corrected chi connectivity index (χ2v) is 7.63. The molecule has 0 saturated heterocycles. The van der Waals surface area contributed by atoms with Gasteiger partial charge >= 0.3 is 0 Å². The number of halogens is 1. The predicted molar refractivity (Wildman–Crippen MR) is 103 cm³/mol. The van der Waals surface area contributed by atoms with E-state index in [0.29, 0.717) is 32.2 Å². The number of nitriles is 1. The topological polar surface area (TPSA) is 91.1 Å². The van der Waals surface area contributed by atoms with Gasteiger partial charge in [0, 0.05) is 5.75 Å². The number of rotatable bonds is 8. The van der Waals surface area contributed by atoms with Gasteiger partial charge in [-0.05, 0) is 36.4 Å². The first-order valence-electron chi connectivity index (χ1n) is 7.93. The molecule has 1 heterocycles. The van der Waals surface area contributed by atoms with Gasteiger partial charge in [0.05, 0.1) is 23.4 Å². The Morgan fingerprint density at radius 3 is 2.74 bits per heavy atom. The number of ether oxygens (including phenoxy) is 1. The molecular weight excluding hydrogens is 387 g/mol. The molecule has 27 heavy (non-hydrogen) atoms. The van der Waals surface area contributed by atoms with Gasteiger partial charge in [-0.2, -0.15) is 5.26 Å². The summed E-state index contributed by atoms with van der Waals surface area (Å²) in [5.74, 6) is 0.604. The highest BCUT2D eigenvalue weighted by molar-refractivity contribution is 8.01. The summed E-state index contributed by atoms with van der Waals surface area (Å²) < 4.78 is 19.8. The molecule has 3 rings (SSSR count). The largest absolute Gasteiger partial charge is 0.491 e. The molecule has 0 aliphatic carbocycles. The summed E-state index contributed by atoms with van der Waals surface area (Å²) in [5.41, 5.74) is 0.885. The standard InChI is InChI=1S/C18H15FN4O2S2/c19-15-3-1-2-4-16(15)21-17-22-23-18(27-17)26-11-13(24)10-25-14-7-5-12(9-20)6-8-14/h1-8,13,24H,10-11H2,(H,21,22). The second-order valence-electron chi connectivity index (χ2n) is 5.39. The summed E-state index contributed by atoms with van der Waals surface area (Å²) in [7, 11) is 0. The van der Waals surface area contributed by atoms with Gasteiger partial charge in [-0.25, -0.2) is 4.39 Å². The van der Waals surface area contributed by atoms with E-state index in [1.165, 1.54) is 29.2 Å². The van der Waals surface area contributed by atoms with Crippen molar-refractivity contribution >= 4 is 33.9 Å². The van der Waals surface area contributed by atoms with E-state index < -0.39 is 6.10 Å². The maximum Gasteiger partial charge on any atom is 0.210 e. The lowest BCUT2D eigenvalue weighted by Gasteiger charge is -2.11. The minimum absolute atomic E-state index is 0.123. The van der Waals surface area contributed by atoms with E-state index in [1.54, 1.807) is 42.5 Å². The van der Waals surface area contributed by atoms with Crippen LogP contribution in [0.25, 0.3) is 0 Å². The molecule has 0 saturated carbocycles. The van der Waals surface area contributed by atoms with Gasteiger partial charge in [0.2, 0.25) is 5.13 Å². The number of aliphatic hydroxyl groups is 1. The quantitative estimate of drug-likeness (QED) is 0.553. The van der Waals surface area contributed by atoms with Crippen LogP contribution in [-0.4, -0.2) is 33.8 Å². The summed E-state index contributed by atoms with van der Waals surface area (Å²) in [4.78, 5) is 0. The zero-order chi connectivity index (χ0) is 19.1. The molecule has 1 unspecified atom stereocenters. The van der Waals surface area contributed by atoms with Gasteiger partial charge < -0.3 is 15.2 Å². The number of para-hydroxylation sites is 1. The first-order chi connectivity index (χ1) is 13.1. The van der Waals surface area contributed by atoms with E-state index in [4.69, 9.17) is 10.00 Å². The van der Waals surface area contributed by atoms with E-state index in [1.807, 2.05) is 6.07 Å². The highest BCUT2D eigenvalue weighted by atomic mass is 32.2. The van der Waals surface area contributed by atoms with E-state index in [9.17, 15) is 9.50 Å². The van der Waals surface area contributed by atoms with Crippen molar-refractivity contribution in [2.45, 2.75) is 10.4 Å². The van der Waals surface area contributed by atoms with Crippen LogP contribution in [0.5, 0.6) is 5.75 Å². The van der Waals surface area contributed by atoms with Crippen molar-refractivity contribution in [3.63, 3.8) is 0 Å². The Hall–Kier alpha value is -2.67. The number of benzene rings is 2. The molecule has 2 N–H and O–H groups in total. The van der Waals surface area contributed by atoms with Crippen LogP contribution in [0.15, 0.2) is 52.9 Å². The summed E-state index contributed by atoms with van der Waals surface area (Å²) in [6.07, 6.45) is -0.697. The molecule has 0 aliphatic heterocycles. The minimum atomic E-state index is -0.697. The van der Waals surface area contributed by atoms with Crippen molar-refractivity contribution < 1.29 is 14.2 Å². The number of nitrogens with zero attached hydrogens (tertiary/aromatic N) is 3. The molecule has 0 radical (unpaired) electrons. The van der Waals surface area contributed by atoms with E-state index in [-0.39, 0.29) is 12.4 Å². The zero-order valence-electron chi connectivity index (χ0n) is 14.0. The molecule has 1 atom stereocenters. The van der Waals surface area contributed by atoms with Crippen LogP contribution in [0.3, 0.4) is 0 Å². The monoisotopic (exact) mass is 402 g/mol. The van der Waals surface area contributed by atoms with Crippen molar-refractivity contribution in [3.05, 3.63) is 59.9 Å². The Balaban J connectivity index is 1.45. The number of anilines is 2. The first kappa shape index (κ1) is 19.1. The number of nitrogens with one attached hydrogen (secondary N) is 1. The average Bonchev–Trinajstić information content (AvgIpc) is 3.14. The SMILES string of the molecule is N#Cc1ccc(OCC(O)CSc2nnc(Nc3ccccc3F)s2)cc1. The third-order valence-corrected chi connectivity index (χ3v) is 5.46. The summed E-state index contributed by atoms with van der Waals surface area (Å²) in [5, 5.41) is 30.1. The fraction of sp³-hybridized carbons (Fsp3) is 0.167. The molecular formula is C18H15FN4O2S2. The predicted octanol–water partition coefficient (Wildman–Crippen LogP) is 3.82. The van der Waals surface area contributed by atoms with Crippen molar-refractivity contribution in [3.8, 4) is 11.8 Å². The van der Waals surface area contributed by atoms with Crippen LogP contribution in [0, 0.1) is 17.1 Å². The van der Waals surface area contributed by atoms with Crippen LogP contribution >= 0.6 is 23.1 Å². The number of thioether (sulfide) groups is 1. The summed E-state index contributed by atoms with van der Waals surface area (Å²) in [6.45, 7) is 0.123. The molecule has 6 nitrogen and oxygen atoms in total. The number of hydrogen-bond donors (Lipinski definition) is 2. The lowest BCUT2D eigenvalue weighted by molar-refractivity contribution is 0.126. The molecule has 0 fully saturated rings. The van der Waals surface area contributed by atoms with Crippen molar-refractivity contribution in [2.75, 3.05) is 17.7 Å². The zero-order valence-corrected chi connectivity index (χ0v) is 15.6.